The summed E-state index contributed by atoms with van der Waals surface area (Å²) in [6.07, 6.45) is 2.88. The number of hydrogen-bond acceptors (Lipinski definition) is 4. The van der Waals surface area contributed by atoms with Gasteiger partial charge in [0, 0.05) is 35.0 Å². The number of aromatic carboxylic acids is 1. The summed E-state index contributed by atoms with van der Waals surface area (Å²) in [7, 11) is -1.03. The van der Waals surface area contributed by atoms with Crippen LogP contribution in [0.5, 0.6) is 0 Å². The number of rotatable bonds is 5. The summed E-state index contributed by atoms with van der Waals surface area (Å²) in [6, 6.07) is 2.40. The number of nitrogens with zero attached hydrogens (tertiary/aromatic N) is 1. The lowest BCUT2D eigenvalue weighted by Crippen LogP contribution is -2.36. The van der Waals surface area contributed by atoms with Gasteiger partial charge in [0.1, 0.15) is 0 Å². The van der Waals surface area contributed by atoms with E-state index >= 15 is 0 Å². The van der Waals surface area contributed by atoms with Crippen LogP contribution >= 0.6 is 0 Å². The average molecular weight is 285 g/mol. The van der Waals surface area contributed by atoms with Crippen molar-refractivity contribution in [2.45, 2.75) is 12.2 Å². The Labute approximate surface area is 112 Å². The average Bonchev–Trinajstić information content (AvgIpc) is 2.36. The first-order valence-electron chi connectivity index (χ1n) is 5.47. The van der Waals surface area contributed by atoms with E-state index in [1.165, 1.54) is 18.3 Å². The molecule has 0 aliphatic carbocycles. The maximum absolute atomic E-state index is 11.6. The molecule has 3 N–H and O–H groups in total. The molecule has 0 aliphatic heterocycles. The Morgan fingerprint density at radius 2 is 2.21 bits per heavy atom. The predicted molar refractivity (Wildman–Crippen MR) is 71.7 cm³/mol. The molecule has 104 valence electrons. The molecule has 0 spiro atoms. The third-order valence-corrected chi connectivity index (χ3v) is 3.68. The molecule has 0 radical (unpaired) electrons. The first kappa shape index (κ1) is 15.1. The maximum atomic E-state index is 11.6. The van der Waals surface area contributed by atoms with Gasteiger partial charge in [-0.2, -0.15) is 0 Å². The molecule has 1 heterocycles. The third-order valence-electron chi connectivity index (χ3n) is 2.38. The number of urea groups is 1. The number of carboxylic acids is 1. The third kappa shape index (κ3) is 4.66. The fourth-order valence-corrected chi connectivity index (χ4v) is 1.51. The number of anilines is 1. The second kappa shape index (κ2) is 6.83. The van der Waals surface area contributed by atoms with Crippen LogP contribution in [-0.4, -0.2) is 44.4 Å². The van der Waals surface area contributed by atoms with Crippen molar-refractivity contribution in [1.29, 1.82) is 0 Å². The SMILES string of the molecule is CC(CNC(=O)Nc1cccnc1C(=O)O)S(C)=O. The van der Waals surface area contributed by atoms with E-state index in [0.29, 0.717) is 0 Å². The largest absolute Gasteiger partial charge is 0.476 e. The highest BCUT2D eigenvalue weighted by Gasteiger charge is 2.14. The van der Waals surface area contributed by atoms with Crippen LogP contribution < -0.4 is 10.6 Å². The highest BCUT2D eigenvalue weighted by molar-refractivity contribution is 7.84. The van der Waals surface area contributed by atoms with E-state index in [-0.39, 0.29) is 23.2 Å². The lowest BCUT2D eigenvalue weighted by atomic mass is 10.3. The van der Waals surface area contributed by atoms with Gasteiger partial charge in [0.25, 0.3) is 0 Å². The van der Waals surface area contributed by atoms with Crippen LogP contribution in [0.4, 0.5) is 10.5 Å². The summed E-state index contributed by atoms with van der Waals surface area (Å²) in [4.78, 5) is 26.1. The van der Waals surface area contributed by atoms with Crippen LogP contribution in [0.15, 0.2) is 18.3 Å². The van der Waals surface area contributed by atoms with Crippen molar-refractivity contribution in [1.82, 2.24) is 10.3 Å². The standard InChI is InChI=1S/C11H15N3O4S/c1-7(19(2)18)6-13-11(17)14-8-4-3-5-12-9(8)10(15)16/h3-5,7H,6H2,1-2H3,(H,15,16)(H2,13,14,17). The summed E-state index contributed by atoms with van der Waals surface area (Å²) >= 11 is 0. The Morgan fingerprint density at radius 3 is 2.79 bits per heavy atom. The van der Waals surface area contributed by atoms with E-state index < -0.39 is 22.8 Å². The van der Waals surface area contributed by atoms with Crippen molar-refractivity contribution < 1.29 is 18.9 Å². The van der Waals surface area contributed by atoms with E-state index in [9.17, 15) is 13.8 Å². The Morgan fingerprint density at radius 1 is 1.53 bits per heavy atom. The fraction of sp³-hybridized carbons (Fsp3) is 0.364. The minimum atomic E-state index is -1.22. The van der Waals surface area contributed by atoms with E-state index in [4.69, 9.17) is 5.11 Å². The normalized spacial score (nSPS) is 13.4. The van der Waals surface area contributed by atoms with Crippen LogP contribution in [-0.2, 0) is 10.8 Å². The number of carboxylic acid groups (broad SMARTS) is 1. The maximum Gasteiger partial charge on any atom is 0.356 e. The summed E-state index contributed by atoms with van der Waals surface area (Å²) in [5, 5.41) is 13.6. The molecule has 2 unspecified atom stereocenters. The van der Waals surface area contributed by atoms with E-state index in [1.54, 1.807) is 13.2 Å². The minimum absolute atomic E-state index is 0.109. The monoisotopic (exact) mass is 285 g/mol. The van der Waals surface area contributed by atoms with E-state index in [0.717, 1.165) is 0 Å². The van der Waals surface area contributed by atoms with Crippen LogP contribution in [0.25, 0.3) is 0 Å². The number of carbonyl (C=O) groups excluding carboxylic acids is 1. The molecule has 0 saturated carbocycles. The van der Waals surface area contributed by atoms with Crippen LogP contribution in [0.2, 0.25) is 0 Å². The lowest BCUT2D eigenvalue weighted by molar-refractivity contribution is 0.0691. The van der Waals surface area contributed by atoms with Gasteiger partial charge < -0.3 is 15.7 Å². The molecule has 0 saturated heterocycles. The van der Waals surface area contributed by atoms with Gasteiger partial charge in [-0.3, -0.25) is 4.21 Å². The molecule has 0 fully saturated rings. The first-order chi connectivity index (χ1) is 8.91. The minimum Gasteiger partial charge on any atom is -0.476 e. The number of hydrogen-bond donors (Lipinski definition) is 3. The Balaban J connectivity index is 2.63. The topological polar surface area (TPSA) is 108 Å². The Kier molecular flexibility index (Phi) is 5.43. The zero-order chi connectivity index (χ0) is 14.4. The number of carbonyl (C=O) groups is 2. The highest BCUT2D eigenvalue weighted by Crippen LogP contribution is 2.11. The second-order valence-corrected chi connectivity index (χ2v) is 5.65. The quantitative estimate of drug-likeness (QED) is 0.736. The molecular formula is C11H15N3O4S. The zero-order valence-electron chi connectivity index (χ0n) is 10.5. The van der Waals surface area contributed by atoms with Gasteiger partial charge in [0.05, 0.1) is 5.69 Å². The van der Waals surface area contributed by atoms with Gasteiger partial charge in [-0.05, 0) is 19.1 Å². The van der Waals surface area contributed by atoms with Crippen molar-refractivity contribution in [2.24, 2.45) is 0 Å². The molecule has 2 atom stereocenters. The molecule has 0 bridgehead atoms. The lowest BCUT2D eigenvalue weighted by Gasteiger charge is -2.11. The summed E-state index contributed by atoms with van der Waals surface area (Å²) in [6.45, 7) is 1.97. The number of pyridine rings is 1. The highest BCUT2D eigenvalue weighted by atomic mass is 32.2. The number of nitrogens with one attached hydrogen (secondary N) is 2. The number of amides is 2. The van der Waals surface area contributed by atoms with Crippen molar-refractivity contribution in [3.63, 3.8) is 0 Å². The second-order valence-electron chi connectivity index (χ2n) is 3.85. The van der Waals surface area contributed by atoms with E-state index in [1.807, 2.05) is 0 Å². The zero-order valence-corrected chi connectivity index (χ0v) is 11.4. The van der Waals surface area contributed by atoms with Crippen LogP contribution in [0.1, 0.15) is 17.4 Å². The van der Waals surface area contributed by atoms with Crippen molar-refractivity contribution in [3.8, 4) is 0 Å². The van der Waals surface area contributed by atoms with Gasteiger partial charge in [-0.25, -0.2) is 14.6 Å². The molecule has 7 nitrogen and oxygen atoms in total. The predicted octanol–water partition coefficient (Wildman–Crippen LogP) is 0.668. The molecule has 0 aromatic carbocycles. The molecule has 0 aliphatic rings. The Bertz CT molecular complexity index is 506. The van der Waals surface area contributed by atoms with Crippen molar-refractivity contribution in [2.75, 3.05) is 18.1 Å². The molecule has 1 aromatic heterocycles. The van der Waals surface area contributed by atoms with Crippen LogP contribution in [0.3, 0.4) is 0 Å². The molecular weight excluding hydrogens is 270 g/mol. The van der Waals surface area contributed by atoms with Gasteiger partial charge in [0.15, 0.2) is 5.69 Å². The summed E-state index contributed by atoms with van der Waals surface area (Å²) in [5.74, 6) is -1.22. The van der Waals surface area contributed by atoms with Crippen molar-refractivity contribution >= 4 is 28.5 Å². The molecule has 8 heteroatoms. The van der Waals surface area contributed by atoms with Crippen molar-refractivity contribution in [3.05, 3.63) is 24.0 Å². The molecule has 1 aromatic rings. The molecule has 1 rings (SSSR count). The van der Waals surface area contributed by atoms with Gasteiger partial charge in [-0.1, -0.05) is 0 Å². The van der Waals surface area contributed by atoms with E-state index in [2.05, 4.69) is 15.6 Å². The fourth-order valence-electron chi connectivity index (χ4n) is 1.20. The summed E-state index contributed by atoms with van der Waals surface area (Å²) in [5.41, 5.74) is -0.123. The van der Waals surface area contributed by atoms with Gasteiger partial charge in [-0.15, -0.1) is 0 Å². The molecule has 19 heavy (non-hydrogen) atoms. The van der Waals surface area contributed by atoms with Gasteiger partial charge >= 0.3 is 12.0 Å². The first-order valence-corrected chi connectivity index (χ1v) is 7.09. The van der Waals surface area contributed by atoms with Gasteiger partial charge in [0.2, 0.25) is 0 Å². The Hall–Kier alpha value is -1.96. The van der Waals surface area contributed by atoms with Crippen LogP contribution in [0, 0.1) is 0 Å². The smallest absolute Gasteiger partial charge is 0.356 e. The summed E-state index contributed by atoms with van der Waals surface area (Å²) < 4.78 is 11.1. The number of aromatic nitrogens is 1. The molecule has 2 amide bonds.